The van der Waals surface area contributed by atoms with Crippen molar-refractivity contribution in [2.75, 3.05) is 6.54 Å². The van der Waals surface area contributed by atoms with Gasteiger partial charge < -0.3 is 14.6 Å². The maximum absolute atomic E-state index is 12.3. The second-order valence-corrected chi connectivity index (χ2v) is 7.13. The fraction of sp³-hybridized carbons (Fsp3) is 0.500. The zero-order chi connectivity index (χ0) is 18.8. The minimum atomic E-state index is -1.28. The van der Waals surface area contributed by atoms with Crippen LogP contribution in [0.3, 0.4) is 0 Å². The number of carboxylic acid groups (broad SMARTS) is 1. The molecule has 1 aliphatic rings. The molecule has 7 heteroatoms. The van der Waals surface area contributed by atoms with E-state index in [0.717, 1.165) is 4.90 Å². The van der Waals surface area contributed by atoms with E-state index in [4.69, 9.17) is 9.47 Å². The van der Waals surface area contributed by atoms with Crippen LogP contribution < -0.4 is 0 Å². The summed E-state index contributed by atoms with van der Waals surface area (Å²) in [5.74, 6) is -2.18. The highest BCUT2D eigenvalue weighted by Crippen LogP contribution is 2.29. The highest BCUT2D eigenvalue weighted by Gasteiger charge is 2.49. The Kier molecular flexibility index (Phi) is 5.35. The highest BCUT2D eigenvalue weighted by molar-refractivity contribution is 5.90. The van der Waals surface area contributed by atoms with Gasteiger partial charge in [0.25, 0.3) is 0 Å². The molecule has 0 spiro atoms. The Hall–Kier alpha value is -2.57. The van der Waals surface area contributed by atoms with Crippen molar-refractivity contribution in [3.63, 3.8) is 0 Å². The average molecular weight is 349 g/mol. The number of hydrogen-bond donors (Lipinski definition) is 1. The maximum Gasteiger partial charge on any atom is 0.411 e. The van der Waals surface area contributed by atoms with Gasteiger partial charge in [-0.15, -0.1) is 0 Å². The molecule has 0 radical (unpaired) electrons. The van der Waals surface area contributed by atoms with Crippen LogP contribution in [0, 0.1) is 5.92 Å². The molecule has 0 bridgehead atoms. The molecule has 1 N–H and O–H groups in total. The molecule has 1 aromatic rings. The molecule has 136 valence electrons. The number of nitrogens with zero attached hydrogens (tertiary/aromatic N) is 1. The Morgan fingerprint density at radius 1 is 1.16 bits per heavy atom. The zero-order valence-corrected chi connectivity index (χ0v) is 14.8. The van der Waals surface area contributed by atoms with Gasteiger partial charge in [0.15, 0.2) is 6.04 Å². The smallest absolute Gasteiger partial charge is 0.411 e. The van der Waals surface area contributed by atoms with E-state index >= 15 is 0 Å². The molecule has 0 aromatic heterocycles. The normalized spacial score (nSPS) is 23.2. The first-order valence-corrected chi connectivity index (χ1v) is 8.08. The number of ether oxygens (including phenoxy) is 2. The first-order chi connectivity index (χ1) is 11.6. The standard InChI is InChI=1S/C18H23NO6/c1-11-10-19(17(23)25-18(2,3)4)13(15(20)21)14(11)24-16(22)12-8-6-5-7-9-12/h5-9,11,13-14H,10H2,1-4H3,(H,20,21)/t11-,13+,14+/m1/s1. The van der Waals surface area contributed by atoms with E-state index in [9.17, 15) is 19.5 Å². The van der Waals surface area contributed by atoms with Crippen LogP contribution in [0.4, 0.5) is 4.79 Å². The van der Waals surface area contributed by atoms with E-state index in [1.54, 1.807) is 58.0 Å². The van der Waals surface area contributed by atoms with Gasteiger partial charge in [0.1, 0.15) is 11.7 Å². The van der Waals surface area contributed by atoms with Crippen LogP contribution in [0.25, 0.3) is 0 Å². The van der Waals surface area contributed by atoms with Crippen LogP contribution >= 0.6 is 0 Å². The van der Waals surface area contributed by atoms with Crippen molar-refractivity contribution in [1.82, 2.24) is 4.90 Å². The van der Waals surface area contributed by atoms with E-state index < -0.39 is 35.8 Å². The van der Waals surface area contributed by atoms with Gasteiger partial charge in [-0.05, 0) is 32.9 Å². The Morgan fingerprint density at radius 3 is 2.28 bits per heavy atom. The largest absolute Gasteiger partial charge is 0.480 e. The summed E-state index contributed by atoms with van der Waals surface area (Å²) in [6, 6.07) is 7.04. The van der Waals surface area contributed by atoms with Gasteiger partial charge in [0.2, 0.25) is 0 Å². The Bertz CT molecular complexity index is 651. The molecule has 1 aromatic carbocycles. The molecule has 3 atom stereocenters. The second kappa shape index (κ2) is 7.13. The predicted molar refractivity (Wildman–Crippen MR) is 89.2 cm³/mol. The van der Waals surface area contributed by atoms with Crippen molar-refractivity contribution < 1.29 is 29.0 Å². The predicted octanol–water partition coefficient (Wildman–Crippen LogP) is 2.55. The highest BCUT2D eigenvalue weighted by atomic mass is 16.6. The van der Waals surface area contributed by atoms with Gasteiger partial charge in [-0.3, -0.25) is 4.90 Å². The molecule has 0 saturated carbocycles. The van der Waals surface area contributed by atoms with E-state index in [0.29, 0.717) is 5.56 Å². The lowest BCUT2D eigenvalue weighted by atomic mass is 10.0. The number of benzene rings is 1. The van der Waals surface area contributed by atoms with Gasteiger partial charge in [-0.2, -0.15) is 0 Å². The summed E-state index contributed by atoms with van der Waals surface area (Å²) in [5, 5.41) is 9.56. The SMILES string of the molecule is C[C@@H]1CN(C(=O)OC(C)(C)C)[C@H](C(=O)O)[C@H]1OC(=O)c1ccccc1. The Balaban J connectivity index is 2.19. The van der Waals surface area contributed by atoms with E-state index in [1.807, 2.05) is 0 Å². The van der Waals surface area contributed by atoms with Crippen molar-refractivity contribution in [3.05, 3.63) is 35.9 Å². The molecular weight excluding hydrogens is 326 g/mol. The van der Waals surface area contributed by atoms with Crippen LogP contribution in [0.15, 0.2) is 30.3 Å². The van der Waals surface area contributed by atoms with Gasteiger partial charge in [-0.25, -0.2) is 14.4 Å². The third kappa shape index (κ3) is 4.49. The zero-order valence-electron chi connectivity index (χ0n) is 14.8. The molecule has 0 aliphatic carbocycles. The number of carboxylic acids is 1. The van der Waals surface area contributed by atoms with Crippen LogP contribution in [-0.2, 0) is 14.3 Å². The van der Waals surface area contributed by atoms with Crippen molar-refractivity contribution >= 4 is 18.0 Å². The van der Waals surface area contributed by atoms with Gasteiger partial charge in [0.05, 0.1) is 5.56 Å². The summed E-state index contributed by atoms with van der Waals surface area (Å²) in [4.78, 5) is 37.4. The van der Waals surface area contributed by atoms with E-state index in [-0.39, 0.29) is 12.5 Å². The summed E-state index contributed by atoms with van der Waals surface area (Å²) in [7, 11) is 0. The number of amides is 1. The summed E-state index contributed by atoms with van der Waals surface area (Å²) >= 11 is 0. The van der Waals surface area contributed by atoms with Crippen LogP contribution in [-0.4, -0.2) is 52.3 Å². The van der Waals surface area contributed by atoms with Gasteiger partial charge in [0, 0.05) is 12.5 Å². The van der Waals surface area contributed by atoms with E-state index in [2.05, 4.69) is 0 Å². The van der Waals surface area contributed by atoms with Crippen LogP contribution in [0.5, 0.6) is 0 Å². The number of carbonyl (C=O) groups is 3. The third-order valence-electron chi connectivity index (χ3n) is 3.83. The maximum atomic E-state index is 12.3. The molecule has 2 rings (SSSR count). The molecular formula is C18H23NO6. The minimum absolute atomic E-state index is 0.138. The lowest BCUT2D eigenvalue weighted by Gasteiger charge is -2.28. The molecule has 7 nitrogen and oxygen atoms in total. The topological polar surface area (TPSA) is 93.1 Å². The first-order valence-electron chi connectivity index (χ1n) is 8.08. The molecule has 1 fully saturated rings. The summed E-state index contributed by atoms with van der Waals surface area (Å²) < 4.78 is 10.7. The third-order valence-corrected chi connectivity index (χ3v) is 3.83. The number of hydrogen-bond acceptors (Lipinski definition) is 5. The van der Waals surface area contributed by atoms with Crippen molar-refractivity contribution in [3.8, 4) is 0 Å². The fourth-order valence-corrected chi connectivity index (χ4v) is 2.75. The van der Waals surface area contributed by atoms with Crippen molar-refractivity contribution in [1.29, 1.82) is 0 Å². The minimum Gasteiger partial charge on any atom is -0.480 e. The quantitative estimate of drug-likeness (QED) is 0.843. The number of aliphatic carboxylic acids is 1. The fourth-order valence-electron chi connectivity index (χ4n) is 2.75. The van der Waals surface area contributed by atoms with Crippen LogP contribution in [0.2, 0.25) is 0 Å². The lowest BCUT2D eigenvalue weighted by Crippen LogP contribution is -2.48. The van der Waals surface area contributed by atoms with E-state index in [1.165, 1.54) is 0 Å². The molecule has 25 heavy (non-hydrogen) atoms. The summed E-state index contributed by atoms with van der Waals surface area (Å²) in [6.45, 7) is 6.98. The number of likely N-dealkylation sites (tertiary alicyclic amines) is 1. The summed E-state index contributed by atoms with van der Waals surface area (Å²) in [5.41, 5.74) is -0.420. The lowest BCUT2D eigenvalue weighted by molar-refractivity contribution is -0.145. The number of carbonyl (C=O) groups excluding carboxylic acids is 2. The first kappa shape index (κ1) is 18.8. The monoisotopic (exact) mass is 349 g/mol. The summed E-state index contributed by atoms with van der Waals surface area (Å²) in [6.07, 6.45) is -1.68. The molecule has 1 amide bonds. The number of rotatable bonds is 3. The van der Waals surface area contributed by atoms with Gasteiger partial charge in [-0.1, -0.05) is 25.1 Å². The van der Waals surface area contributed by atoms with Crippen LogP contribution in [0.1, 0.15) is 38.1 Å². The van der Waals surface area contributed by atoms with Gasteiger partial charge >= 0.3 is 18.0 Å². The van der Waals surface area contributed by atoms with Crippen molar-refractivity contribution in [2.45, 2.75) is 45.4 Å². The molecule has 1 aliphatic heterocycles. The Morgan fingerprint density at radius 2 is 1.76 bits per heavy atom. The average Bonchev–Trinajstić information content (AvgIpc) is 2.84. The molecule has 0 unspecified atom stereocenters. The van der Waals surface area contributed by atoms with Crippen molar-refractivity contribution in [2.24, 2.45) is 5.92 Å². The Labute approximate surface area is 146 Å². The number of esters is 1. The second-order valence-electron chi connectivity index (χ2n) is 7.13. The molecule has 1 heterocycles. The molecule has 1 saturated heterocycles.